The summed E-state index contributed by atoms with van der Waals surface area (Å²) in [7, 11) is 0. The molecule has 0 spiro atoms. The standard InChI is InChI=1S/C29H26FNO4S2/c1-3-34-27(32)29(14-15-29)22-12-10-20(11-13-22)19-6-8-21(9-7-19)26-23(17-25(30)37-26)31-28(33)35-18(2)24-5-4-16-36-24/h4-13,16-18H,3,14-15H2,1-2H3,(H,31,33). The predicted molar refractivity (Wildman–Crippen MR) is 146 cm³/mol. The van der Waals surface area contributed by atoms with E-state index in [0.717, 1.165) is 51.3 Å². The van der Waals surface area contributed by atoms with Crippen LogP contribution in [0.4, 0.5) is 14.9 Å². The number of rotatable bonds is 8. The normalized spacial score (nSPS) is 14.6. The van der Waals surface area contributed by atoms with Crippen LogP contribution in [0.25, 0.3) is 21.6 Å². The predicted octanol–water partition coefficient (Wildman–Crippen LogP) is 8.19. The number of carbonyl (C=O) groups excluding carboxylic acids is 2. The van der Waals surface area contributed by atoms with Crippen LogP contribution in [0.15, 0.2) is 72.1 Å². The summed E-state index contributed by atoms with van der Waals surface area (Å²) in [5, 5.41) is 4.21. The Hall–Kier alpha value is -3.49. The van der Waals surface area contributed by atoms with Crippen LogP contribution in [0.3, 0.4) is 0 Å². The van der Waals surface area contributed by atoms with E-state index < -0.39 is 22.7 Å². The topological polar surface area (TPSA) is 64.6 Å². The fourth-order valence-electron chi connectivity index (χ4n) is 4.35. The van der Waals surface area contributed by atoms with Gasteiger partial charge in [-0.05, 0) is 60.4 Å². The van der Waals surface area contributed by atoms with Gasteiger partial charge in [-0.3, -0.25) is 10.1 Å². The first-order valence-corrected chi connectivity index (χ1v) is 13.8. The minimum Gasteiger partial charge on any atom is -0.465 e. The Kier molecular flexibility index (Phi) is 7.13. The molecule has 1 unspecified atom stereocenters. The minimum absolute atomic E-state index is 0.149. The first-order chi connectivity index (χ1) is 17.9. The molecule has 1 aliphatic carbocycles. The van der Waals surface area contributed by atoms with Crippen molar-refractivity contribution >= 4 is 40.4 Å². The van der Waals surface area contributed by atoms with Gasteiger partial charge in [-0.25, -0.2) is 4.79 Å². The van der Waals surface area contributed by atoms with Crippen molar-refractivity contribution < 1.29 is 23.5 Å². The number of thiophene rings is 2. The molecule has 5 rings (SSSR count). The van der Waals surface area contributed by atoms with Crippen molar-refractivity contribution in [3.05, 3.63) is 87.7 Å². The second kappa shape index (κ2) is 10.5. The molecule has 8 heteroatoms. The van der Waals surface area contributed by atoms with E-state index in [1.165, 1.54) is 17.4 Å². The van der Waals surface area contributed by atoms with Gasteiger partial charge in [0.15, 0.2) is 5.13 Å². The number of benzene rings is 2. The Morgan fingerprint density at radius 1 is 1.03 bits per heavy atom. The summed E-state index contributed by atoms with van der Waals surface area (Å²) in [4.78, 5) is 26.4. The van der Waals surface area contributed by atoms with Crippen molar-refractivity contribution in [2.24, 2.45) is 0 Å². The summed E-state index contributed by atoms with van der Waals surface area (Å²) in [5.74, 6) is -0.149. The Morgan fingerprint density at radius 3 is 2.27 bits per heavy atom. The van der Waals surface area contributed by atoms with Crippen molar-refractivity contribution in [2.45, 2.75) is 38.2 Å². The van der Waals surface area contributed by atoms with Gasteiger partial charge in [-0.2, -0.15) is 4.39 Å². The molecule has 1 saturated carbocycles. The average Bonchev–Trinajstić information content (AvgIpc) is 3.35. The average molecular weight is 536 g/mol. The second-order valence-corrected chi connectivity index (χ2v) is 10.9. The maximum Gasteiger partial charge on any atom is 0.412 e. The number of hydrogen-bond donors (Lipinski definition) is 1. The number of carbonyl (C=O) groups is 2. The molecular formula is C29H26FNO4S2. The molecule has 0 bridgehead atoms. The molecule has 1 amide bonds. The first-order valence-electron chi connectivity index (χ1n) is 12.1. The number of nitrogens with one attached hydrogen (secondary N) is 1. The second-order valence-electron chi connectivity index (χ2n) is 8.94. The number of anilines is 1. The Labute approximate surface area is 222 Å². The van der Waals surface area contributed by atoms with E-state index >= 15 is 0 Å². The summed E-state index contributed by atoms with van der Waals surface area (Å²) in [6.45, 7) is 4.00. The third-order valence-corrected chi connectivity index (χ3v) is 8.51. The lowest BCUT2D eigenvalue weighted by Crippen LogP contribution is -2.23. The highest BCUT2D eigenvalue weighted by atomic mass is 32.1. The fourth-order valence-corrected chi connectivity index (χ4v) is 5.91. The van der Waals surface area contributed by atoms with Crippen LogP contribution >= 0.6 is 22.7 Å². The maximum atomic E-state index is 14.2. The van der Waals surface area contributed by atoms with Gasteiger partial charge in [-0.15, -0.1) is 22.7 Å². The van der Waals surface area contributed by atoms with Gasteiger partial charge in [-0.1, -0.05) is 54.6 Å². The molecule has 0 radical (unpaired) electrons. The van der Waals surface area contributed by atoms with Crippen LogP contribution in [0.5, 0.6) is 0 Å². The Balaban J connectivity index is 1.29. The molecule has 1 N–H and O–H groups in total. The number of hydrogen-bond acceptors (Lipinski definition) is 6. The molecular weight excluding hydrogens is 509 g/mol. The molecule has 0 aliphatic heterocycles. The van der Waals surface area contributed by atoms with Crippen LogP contribution in [-0.2, 0) is 19.7 Å². The summed E-state index contributed by atoms with van der Waals surface area (Å²) in [6.07, 6.45) is 0.597. The van der Waals surface area contributed by atoms with E-state index in [1.807, 2.05) is 73.0 Å². The molecule has 2 aromatic heterocycles. The van der Waals surface area contributed by atoms with Crippen molar-refractivity contribution in [1.82, 2.24) is 0 Å². The Bertz CT molecular complexity index is 1390. The highest BCUT2D eigenvalue weighted by Gasteiger charge is 2.52. The van der Waals surface area contributed by atoms with Crippen LogP contribution in [0.1, 0.15) is 43.2 Å². The van der Waals surface area contributed by atoms with Gasteiger partial charge in [0.2, 0.25) is 0 Å². The lowest BCUT2D eigenvalue weighted by molar-refractivity contribution is -0.146. The molecule has 2 aromatic carbocycles. The van der Waals surface area contributed by atoms with E-state index in [-0.39, 0.29) is 5.97 Å². The van der Waals surface area contributed by atoms with E-state index in [0.29, 0.717) is 17.2 Å². The van der Waals surface area contributed by atoms with Crippen molar-refractivity contribution in [3.63, 3.8) is 0 Å². The van der Waals surface area contributed by atoms with Crippen LogP contribution in [-0.4, -0.2) is 18.7 Å². The third-order valence-electron chi connectivity index (χ3n) is 6.50. The molecule has 1 aliphatic rings. The third kappa shape index (κ3) is 5.31. The molecule has 4 aromatic rings. The molecule has 1 fully saturated rings. The monoisotopic (exact) mass is 535 g/mol. The quantitative estimate of drug-likeness (QED) is 0.231. The van der Waals surface area contributed by atoms with Gasteiger partial charge >= 0.3 is 12.1 Å². The van der Waals surface area contributed by atoms with Gasteiger partial charge < -0.3 is 9.47 Å². The summed E-state index contributed by atoms with van der Waals surface area (Å²) in [6, 6.07) is 20.8. The molecule has 0 saturated heterocycles. The van der Waals surface area contributed by atoms with Crippen molar-refractivity contribution in [1.29, 1.82) is 0 Å². The number of ether oxygens (including phenoxy) is 2. The number of esters is 1. The number of halogens is 1. The van der Waals surface area contributed by atoms with E-state index in [9.17, 15) is 14.0 Å². The van der Waals surface area contributed by atoms with E-state index in [1.54, 1.807) is 6.92 Å². The maximum absolute atomic E-state index is 14.2. The zero-order chi connectivity index (χ0) is 26.0. The SMILES string of the molecule is CCOC(=O)C1(c2ccc(-c3ccc(-c4sc(F)cc4NC(=O)OC(C)c4cccs4)cc3)cc2)CC1. The molecule has 5 nitrogen and oxygen atoms in total. The van der Waals surface area contributed by atoms with Gasteiger partial charge in [0.1, 0.15) is 6.10 Å². The van der Waals surface area contributed by atoms with Crippen LogP contribution < -0.4 is 5.32 Å². The molecule has 1 atom stereocenters. The summed E-state index contributed by atoms with van der Waals surface area (Å²) < 4.78 is 24.9. The lowest BCUT2D eigenvalue weighted by Gasteiger charge is -2.15. The zero-order valence-corrected chi connectivity index (χ0v) is 22.1. The van der Waals surface area contributed by atoms with E-state index in [4.69, 9.17) is 9.47 Å². The Morgan fingerprint density at radius 2 is 1.68 bits per heavy atom. The van der Waals surface area contributed by atoms with Crippen molar-refractivity contribution in [2.75, 3.05) is 11.9 Å². The first kappa shape index (κ1) is 25.2. The van der Waals surface area contributed by atoms with E-state index in [2.05, 4.69) is 5.32 Å². The molecule has 190 valence electrons. The fraction of sp³-hybridized carbons (Fsp3) is 0.241. The molecule has 37 heavy (non-hydrogen) atoms. The van der Waals surface area contributed by atoms with Crippen LogP contribution in [0.2, 0.25) is 0 Å². The van der Waals surface area contributed by atoms with Crippen LogP contribution in [0, 0.1) is 5.13 Å². The van der Waals surface area contributed by atoms with Gasteiger partial charge in [0.25, 0.3) is 0 Å². The summed E-state index contributed by atoms with van der Waals surface area (Å²) in [5.41, 5.74) is 3.65. The highest BCUT2D eigenvalue weighted by molar-refractivity contribution is 7.14. The lowest BCUT2D eigenvalue weighted by atomic mass is 9.93. The van der Waals surface area contributed by atoms with Gasteiger partial charge in [0, 0.05) is 10.9 Å². The molecule has 2 heterocycles. The minimum atomic E-state index is -0.632. The number of amides is 1. The largest absolute Gasteiger partial charge is 0.465 e. The van der Waals surface area contributed by atoms with Crippen molar-refractivity contribution in [3.8, 4) is 21.6 Å². The highest BCUT2D eigenvalue weighted by Crippen LogP contribution is 2.49. The summed E-state index contributed by atoms with van der Waals surface area (Å²) >= 11 is 2.47. The zero-order valence-electron chi connectivity index (χ0n) is 20.5. The van der Waals surface area contributed by atoms with Gasteiger partial charge in [0.05, 0.1) is 22.6 Å². The smallest absolute Gasteiger partial charge is 0.412 e.